The Hall–Kier alpha value is -0.0800. The van der Waals surface area contributed by atoms with Crippen LogP contribution in [-0.2, 0) is 0 Å². The second-order valence-corrected chi connectivity index (χ2v) is 7.50. The third-order valence-electron chi connectivity index (χ3n) is 5.27. The average Bonchev–Trinajstić information content (AvgIpc) is 2.60. The Morgan fingerprint density at radius 2 is 1.00 bits per heavy atom. The summed E-state index contributed by atoms with van der Waals surface area (Å²) >= 11 is 0. The smallest absolute Gasteiger partial charge is 0.0133 e. The van der Waals surface area contributed by atoms with Crippen LogP contribution in [0.4, 0.5) is 0 Å². The molecule has 1 saturated heterocycles. The third-order valence-corrected chi connectivity index (χ3v) is 5.27. The number of hydrazine groups is 1. The van der Waals surface area contributed by atoms with Gasteiger partial charge in [-0.1, -0.05) is 84.5 Å². The molecule has 1 aliphatic rings. The fourth-order valence-electron chi connectivity index (χ4n) is 3.70. The minimum Gasteiger partial charge on any atom is -0.242 e. The second kappa shape index (κ2) is 15.4. The zero-order valence-corrected chi connectivity index (χ0v) is 16.3. The standard InChI is InChI=1S/C21H44N2/c1-3-5-7-9-11-14-18-22(23-20-16-13-17-21-23)19-15-12-10-8-6-4-2/h3-21H2,1-2H3. The topological polar surface area (TPSA) is 6.48 Å². The molecule has 0 N–H and O–H groups in total. The van der Waals surface area contributed by atoms with Crippen LogP contribution in [-0.4, -0.2) is 36.2 Å². The Kier molecular flexibility index (Phi) is 14.1. The lowest BCUT2D eigenvalue weighted by atomic mass is 10.1. The maximum Gasteiger partial charge on any atom is 0.0133 e. The zero-order chi connectivity index (χ0) is 16.6. The van der Waals surface area contributed by atoms with Crippen molar-refractivity contribution in [3.05, 3.63) is 0 Å². The highest BCUT2D eigenvalue weighted by Crippen LogP contribution is 2.15. The highest BCUT2D eigenvalue weighted by molar-refractivity contribution is 4.65. The van der Waals surface area contributed by atoms with Crippen molar-refractivity contribution in [3.8, 4) is 0 Å². The lowest BCUT2D eigenvalue weighted by molar-refractivity contribution is -0.0416. The van der Waals surface area contributed by atoms with Crippen molar-refractivity contribution >= 4 is 0 Å². The normalized spacial score (nSPS) is 16.3. The van der Waals surface area contributed by atoms with Gasteiger partial charge in [-0.2, -0.15) is 0 Å². The number of rotatable bonds is 15. The van der Waals surface area contributed by atoms with Crippen LogP contribution < -0.4 is 0 Å². The SMILES string of the molecule is CCCCCCCCN(CCCCCCCC)N1CCCCC1. The summed E-state index contributed by atoms with van der Waals surface area (Å²) < 4.78 is 0. The van der Waals surface area contributed by atoms with Crippen molar-refractivity contribution in [2.24, 2.45) is 0 Å². The lowest BCUT2D eigenvalue weighted by Crippen LogP contribution is -2.46. The Morgan fingerprint density at radius 3 is 1.48 bits per heavy atom. The Bertz CT molecular complexity index is 220. The predicted molar refractivity (Wildman–Crippen MR) is 104 cm³/mol. The van der Waals surface area contributed by atoms with Gasteiger partial charge in [0.05, 0.1) is 0 Å². The molecule has 0 spiro atoms. The van der Waals surface area contributed by atoms with Gasteiger partial charge in [0.25, 0.3) is 0 Å². The molecule has 0 radical (unpaired) electrons. The van der Waals surface area contributed by atoms with E-state index in [2.05, 4.69) is 23.9 Å². The molecule has 2 heteroatoms. The molecular formula is C21H44N2. The summed E-state index contributed by atoms with van der Waals surface area (Å²) in [4.78, 5) is 0. The molecule has 0 unspecified atom stereocenters. The van der Waals surface area contributed by atoms with Gasteiger partial charge in [0.2, 0.25) is 0 Å². The molecule has 1 heterocycles. The van der Waals surface area contributed by atoms with E-state index in [0.29, 0.717) is 0 Å². The van der Waals surface area contributed by atoms with E-state index in [0.717, 1.165) is 0 Å². The van der Waals surface area contributed by atoms with E-state index >= 15 is 0 Å². The van der Waals surface area contributed by atoms with Crippen molar-refractivity contribution in [1.29, 1.82) is 0 Å². The molecule has 1 fully saturated rings. The van der Waals surface area contributed by atoms with E-state index < -0.39 is 0 Å². The van der Waals surface area contributed by atoms with Gasteiger partial charge >= 0.3 is 0 Å². The van der Waals surface area contributed by atoms with Gasteiger partial charge < -0.3 is 0 Å². The minimum atomic E-state index is 1.31. The number of nitrogens with zero attached hydrogens (tertiary/aromatic N) is 2. The predicted octanol–water partition coefficient (Wildman–Crippen LogP) is 6.41. The fourth-order valence-corrected chi connectivity index (χ4v) is 3.70. The third kappa shape index (κ3) is 11.2. The van der Waals surface area contributed by atoms with E-state index in [4.69, 9.17) is 0 Å². The Balaban J connectivity index is 2.17. The van der Waals surface area contributed by atoms with E-state index in [9.17, 15) is 0 Å². The summed E-state index contributed by atoms with van der Waals surface area (Å²) in [6, 6.07) is 0. The van der Waals surface area contributed by atoms with E-state index in [1.54, 1.807) is 0 Å². The van der Waals surface area contributed by atoms with Crippen molar-refractivity contribution in [2.75, 3.05) is 26.2 Å². The van der Waals surface area contributed by atoms with Crippen LogP contribution in [0.3, 0.4) is 0 Å². The average molecular weight is 325 g/mol. The molecule has 0 aromatic carbocycles. The monoisotopic (exact) mass is 324 g/mol. The number of piperidine rings is 1. The highest BCUT2D eigenvalue weighted by atomic mass is 15.6. The summed E-state index contributed by atoms with van der Waals surface area (Å²) in [5.41, 5.74) is 0. The number of unbranched alkanes of at least 4 members (excludes halogenated alkanes) is 10. The van der Waals surface area contributed by atoms with Crippen LogP contribution in [0.5, 0.6) is 0 Å². The summed E-state index contributed by atoms with van der Waals surface area (Å²) in [6.45, 7) is 9.84. The quantitative estimate of drug-likeness (QED) is 0.321. The van der Waals surface area contributed by atoms with Gasteiger partial charge in [-0.15, -0.1) is 0 Å². The Morgan fingerprint density at radius 1 is 0.565 bits per heavy atom. The van der Waals surface area contributed by atoms with Gasteiger partial charge in [-0.05, 0) is 25.7 Å². The zero-order valence-electron chi connectivity index (χ0n) is 16.3. The molecule has 2 nitrogen and oxygen atoms in total. The molecule has 0 aliphatic carbocycles. The highest BCUT2D eigenvalue weighted by Gasteiger charge is 2.17. The first kappa shape index (κ1) is 21.0. The largest absolute Gasteiger partial charge is 0.242 e. The van der Waals surface area contributed by atoms with Crippen molar-refractivity contribution < 1.29 is 0 Å². The maximum atomic E-state index is 2.72. The summed E-state index contributed by atoms with van der Waals surface area (Å²) in [5.74, 6) is 0. The molecule has 1 aliphatic heterocycles. The summed E-state index contributed by atoms with van der Waals surface area (Å²) in [7, 11) is 0. The number of hydrogen-bond donors (Lipinski definition) is 0. The first-order valence-electron chi connectivity index (χ1n) is 10.9. The van der Waals surface area contributed by atoms with E-state index in [1.807, 2.05) is 0 Å². The van der Waals surface area contributed by atoms with Gasteiger partial charge in [-0.25, -0.2) is 10.0 Å². The molecule has 0 amide bonds. The molecule has 0 bridgehead atoms. The number of hydrogen-bond acceptors (Lipinski definition) is 2. The van der Waals surface area contributed by atoms with Crippen LogP contribution in [0.15, 0.2) is 0 Å². The molecule has 0 aromatic heterocycles. The van der Waals surface area contributed by atoms with Crippen molar-refractivity contribution in [2.45, 2.75) is 110 Å². The second-order valence-electron chi connectivity index (χ2n) is 7.50. The summed E-state index contributed by atoms with van der Waals surface area (Å²) in [6.07, 6.45) is 21.3. The van der Waals surface area contributed by atoms with Crippen LogP contribution in [0.1, 0.15) is 110 Å². The fraction of sp³-hybridized carbons (Fsp3) is 1.00. The summed E-state index contributed by atoms with van der Waals surface area (Å²) in [5, 5.41) is 5.40. The van der Waals surface area contributed by atoms with Crippen LogP contribution in [0.25, 0.3) is 0 Å². The molecular weight excluding hydrogens is 280 g/mol. The maximum absolute atomic E-state index is 2.72. The van der Waals surface area contributed by atoms with Crippen LogP contribution >= 0.6 is 0 Å². The molecule has 0 aromatic rings. The molecule has 0 atom stereocenters. The van der Waals surface area contributed by atoms with Crippen molar-refractivity contribution in [1.82, 2.24) is 10.0 Å². The molecule has 1 rings (SSSR count). The van der Waals surface area contributed by atoms with Gasteiger partial charge in [0.1, 0.15) is 0 Å². The lowest BCUT2D eigenvalue weighted by Gasteiger charge is -2.37. The first-order valence-corrected chi connectivity index (χ1v) is 10.9. The molecule has 0 saturated carbocycles. The van der Waals surface area contributed by atoms with E-state index in [-0.39, 0.29) is 0 Å². The van der Waals surface area contributed by atoms with Gasteiger partial charge in [-0.3, -0.25) is 0 Å². The van der Waals surface area contributed by atoms with Crippen LogP contribution in [0, 0.1) is 0 Å². The Labute approximate surface area is 147 Å². The molecule has 23 heavy (non-hydrogen) atoms. The van der Waals surface area contributed by atoms with Crippen molar-refractivity contribution in [3.63, 3.8) is 0 Å². The van der Waals surface area contributed by atoms with E-state index in [1.165, 1.54) is 122 Å². The minimum absolute atomic E-state index is 1.31. The van der Waals surface area contributed by atoms with Gasteiger partial charge in [0, 0.05) is 26.2 Å². The van der Waals surface area contributed by atoms with Gasteiger partial charge in [0.15, 0.2) is 0 Å². The van der Waals surface area contributed by atoms with Crippen LogP contribution in [0.2, 0.25) is 0 Å². The first-order chi connectivity index (χ1) is 11.4. The molecule has 138 valence electrons.